The minimum atomic E-state index is -4.23. The summed E-state index contributed by atoms with van der Waals surface area (Å²) in [6.45, 7) is 5.77. The van der Waals surface area contributed by atoms with Crippen molar-refractivity contribution in [1.29, 1.82) is 0 Å². The Morgan fingerprint density at radius 2 is 1.51 bits per heavy atom. The summed E-state index contributed by atoms with van der Waals surface area (Å²) in [5.74, 6) is -0.629. The first kappa shape index (κ1) is 30.5. The van der Waals surface area contributed by atoms with Crippen LogP contribution in [-0.2, 0) is 26.2 Å². The first-order valence-electron chi connectivity index (χ1n) is 12.7. The van der Waals surface area contributed by atoms with Crippen molar-refractivity contribution >= 4 is 50.7 Å². The van der Waals surface area contributed by atoms with Gasteiger partial charge < -0.3 is 10.2 Å². The Morgan fingerprint density at radius 1 is 0.897 bits per heavy atom. The van der Waals surface area contributed by atoms with E-state index in [0.29, 0.717) is 13.0 Å². The predicted molar refractivity (Wildman–Crippen MR) is 156 cm³/mol. The number of nitrogens with one attached hydrogen (secondary N) is 1. The highest BCUT2D eigenvalue weighted by molar-refractivity contribution is 7.92. The minimum Gasteiger partial charge on any atom is -0.354 e. The summed E-state index contributed by atoms with van der Waals surface area (Å²) in [4.78, 5) is 28.6. The summed E-state index contributed by atoms with van der Waals surface area (Å²) in [6, 6.07) is 20.8. The van der Waals surface area contributed by atoms with E-state index in [4.69, 9.17) is 23.2 Å². The van der Waals surface area contributed by atoms with Gasteiger partial charge in [0.1, 0.15) is 12.6 Å². The molecule has 0 aliphatic rings. The van der Waals surface area contributed by atoms with E-state index in [1.807, 2.05) is 51.1 Å². The second-order valence-corrected chi connectivity index (χ2v) is 12.1. The van der Waals surface area contributed by atoms with Crippen molar-refractivity contribution in [3.8, 4) is 0 Å². The molecule has 0 spiro atoms. The van der Waals surface area contributed by atoms with Gasteiger partial charge in [0.15, 0.2) is 0 Å². The lowest BCUT2D eigenvalue weighted by Crippen LogP contribution is -2.52. The third-order valence-corrected chi connectivity index (χ3v) is 8.66. The second kappa shape index (κ2) is 13.8. The third kappa shape index (κ3) is 7.75. The van der Waals surface area contributed by atoms with Crippen molar-refractivity contribution < 1.29 is 18.0 Å². The topological polar surface area (TPSA) is 86.8 Å². The third-order valence-electron chi connectivity index (χ3n) is 6.08. The monoisotopic (exact) mass is 589 g/mol. The number of halogens is 2. The van der Waals surface area contributed by atoms with Crippen molar-refractivity contribution in [2.75, 3.05) is 17.4 Å². The Balaban J connectivity index is 2.06. The van der Waals surface area contributed by atoms with Crippen LogP contribution in [0.3, 0.4) is 0 Å². The fourth-order valence-corrected chi connectivity index (χ4v) is 5.93. The Labute approximate surface area is 240 Å². The Bertz CT molecular complexity index is 1370. The number of amides is 2. The highest BCUT2D eigenvalue weighted by atomic mass is 35.5. The smallest absolute Gasteiger partial charge is 0.264 e. The van der Waals surface area contributed by atoms with Gasteiger partial charge in [-0.25, -0.2) is 8.42 Å². The Morgan fingerprint density at radius 3 is 2.10 bits per heavy atom. The molecule has 0 fully saturated rings. The average molecular weight is 591 g/mol. The number of rotatable bonds is 12. The normalized spacial score (nSPS) is 12.2. The molecule has 0 aromatic heterocycles. The molecular weight excluding hydrogens is 557 g/mol. The lowest BCUT2D eigenvalue weighted by atomic mass is 10.1. The summed E-state index contributed by atoms with van der Waals surface area (Å²) in [5.41, 5.74) is 0.873. The lowest BCUT2D eigenvalue weighted by molar-refractivity contribution is -0.140. The van der Waals surface area contributed by atoms with Gasteiger partial charge in [0.2, 0.25) is 11.8 Å². The van der Waals surface area contributed by atoms with Crippen LogP contribution in [0.5, 0.6) is 0 Å². The molecule has 1 atom stereocenters. The molecular formula is C29H33Cl2N3O4S. The van der Waals surface area contributed by atoms with Crippen molar-refractivity contribution in [3.05, 3.63) is 94.5 Å². The number of hydrogen-bond acceptors (Lipinski definition) is 4. The van der Waals surface area contributed by atoms with Gasteiger partial charge in [-0.1, -0.05) is 98.6 Å². The molecule has 0 unspecified atom stereocenters. The van der Waals surface area contributed by atoms with Crippen LogP contribution in [0.1, 0.15) is 32.8 Å². The van der Waals surface area contributed by atoms with Gasteiger partial charge in [0, 0.05) is 13.1 Å². The zero-order valence-corrected chi connectivity index (χ0v) is 24.5. The van der Waals surface area contributed by atoms with Gasteiger partial charge in [-0.05, 0) is 42.2 Å². The van der Waals surface area contributed by atoms with Crippen molar-refractivity contribution in [2.45, 2.75) is 44.7 Å². The molecule has 0 bridgehead atoms. The molecule has 3 rings (SSSR count). The highest BCUT2D eigenvalue weighted by Gasteiger charge is 2.34. The quantitative estimate of drug-likeness (QED) is 0.290. The van der Waals surface area contributed by atoms with E-state index in [2.05, 4.69) is 5.32 Å². The molecule has 3 aromatic rings. The number of hydrogen-bond donors (Lipinski definition) is 1. The van der Waals surface area contributed by atoms with Gasteiger partial charge in [0.25, 0.3) is 10.0 Å². The second-order valence-electron chi connectivity index (χ2n) is 9.47. The van der Waals surface area contributed by atoms with Crippen molar-refractivity contribution in [1.82, 2.24) is 10.2 Å². The maximum absolute atomic E-state index is 14.0. The van der Waals surface area contributed by atoms with E-state index < -0.39 is 28.5 Å². The molecule has 10 heteroatoms. The van der Waals surface area contributed by atoms with Gasteiger partial charge in [-0.2, -0.15) is 0 Å². The maximum Gasteiger partial charge on any atom is 0.264 e. The van der Waals surface area contributed by atoms with Crippen LogP contribution in [-0.4, -0.2) is 44.3 Å². The molecule has 3 aromatic carbocycles. The molecule has 0 saturated heterocycles. The molecule has 0 radical (unpaired) electrons. The molecule has 2 amide bonds. The van der Waals surface area contributed by atoms with Crippen LogP contribution >= 0.6 is 23.2 Å². The van der Waals surface area contributed by atoms with Crippen LogP contribution < -0.4 is 9.62 Å². The van der Waals surface area contributed by atoms with E-state index >= 15 is 0 Å². The first-order valence-corrected chi connectivity index (χ1v) is 14.9. The zero-order chi connectivity index (χ0) is 28.6. The molecule has 0 heterocycles. The summed E-state index contributed by atoms with van der Waals surface area (Å²) >= 11 is 12.7. The van der Waals surface area contributed by atoms with E-state index in [9.17, 15) is 18.0 Å². The summed E-state index contributed by atoms with van der Waals surface area (Å²) in [7, 11) is -4.23. The maximum atomic E-state index is 14.0. The minimum absolute atomic E-state index is 0.00259. The lowest BCUT2D eigenvalue weighted by Gasteiger charge is -2.33. The van der Waals surface area contributed by atoms with Crippen molar-refractivity contribution in [2.24, 2.45) is 5.92 Å². The number of nitrogens with zero attached hydrogens (tertiary/aromatic N) is 2. The first-order chi connectivity index (χ1) is 18.6. The fraction of sp³-hybridized carbons (Fsp3) is 0.310. The number of anilines is 1. The molecule has 0 aliphatic heterocycles. The largest absolute Gasteiger partial charge is 0.354 e. The van der Waals surface area contributed by atoms with Crippen LogP contribution in [0.15, 0.2) is 83.8 Å². The zero-order valence-electron chi connectivity index (χ0n) is 22.2. The van der Waals surface area contributed by atoms with Gasteiger partial charge in [-0.3, -0.25) is 13.9 Å². The molecule has 208 valence electrons. The molecule has 7 nitrogen and oxygen atoms in total. The Kier molecular flexibility index (Phi) is 10.8. The number of benzene rings is 3. The van der Waals surface area contributed by atoms with Crippen LogP contribution in [0, 0.1) is 5.92 Å². The summed E-state index contributed by atoms with van der Waals surface area (Å²) < 4.78 is 28.6. The number of sulfonamides is 1. The van der Waals surface area contributed by atoms with E-state index in [0.717, 1.165) is 9.87 Å². The molecule has 0 saturated carbocycles. The molecule has 39 heavy (non-hydrogen) atoms. The Hall–Kier alpha value is -3.07. The number of carbonyl (C=O) groups is 2. The predicted octanol–water partition coefficient (Wildman–Crippen LogP) is 5.77. The summed E-state index contributed by atoms with van der Waals surface area (Å²) in [5, 5.41) is 3.06. The van der Waals surface area contributed by atoms with Crippen molar-refractivity contribution in [3.63, 3.8) is 0 Å². The van der Waals surface area contributed by atoms with Crippen LogP contribution in [0.4, 0.5) is 5.69 Å². The average Bonchev–Trinajstić information content (AvgIpc) is 2.93. The number of carbonyl (C=O) groups excluding carboxylic acids is 2. The molecule has 0 aliphatic carbocycles. The standard InChI is InChI=1S/C29H33Cl2N3O4S/c1-4-25(29(36)32-18-21(2)3)33(19-22-12-7-5-8-13-22)27(35)20-34(26-17-11-16-24(30)28(26)31)39(37,38)23-14-9-6-10-15-23/h5-17,21,25H,4,18-20H2,1-3H3,(H,32,36)/t25-/m0/s1. The van der Waals surface area contributed by atoms with Gasteiger partial charge in [0.05, 0.1) is 20.6 Å². The van der Waals surface area contributed by atoms with Gasteiger partial charge >= 0.3 is 0 Å². The van der Waals surface area contributed by atoms with Crippen LogP contribution in [0.25, 0.3) is 0 Å². The molecule has 1 N–H and O–H groups in total. The fourth-order valence-electron chi connectivity index (χ4n) is 4.04. The highest BCUT2D eigenvalue weighted by Crippen LogP contribution is 2.35. The van der Waals surface area contributed by atoms with Crippen LogP contribution in [0.2, 0.25) is 10.0 Å². The van der Waals surface area contributed by atoms with Gasteiger partial charge in [-0.15, -0.1) is 0 Å². The van der Waals surface area contributed by atoms with E-state index in [1.54, 1.807) is 24.3 Å². The van der Waals surface area contributed by atoms with E-state index in [-0.39, 0.29) is 39.0 Å². The van der Waals surface area contributed by atoms with E-state index in [1.165, 1.54) is 29.2 Å². The summed E-state index contributed by atoms with van der Waals surface area (Å²) in [6.07, 6.45) is 0.339. The SMILES string of the molecule is CC[C@@H](C(=O)NCC(C)C)N(Cc1ccccc1)C(=O)CN(c1cccc(Cl)c1Cl)S(=O)(=O)c1ccccc1.